The third-order valence-electron chi connectivity index (χ3n) is 4.08. The highest BCUT2D eigenvalue weighted by molar-refractivity contribution is 5.95. The Morgan fingerprint density at radius 3 is 2.36 bits per heavy atom. The second kappa shape index (κ2) is 6.23. The number of nitrogens with zero attached hydrogens (tertiary/aromatic N) is 3. The van der Waals surface area contributed by atoms with Crippen LogP contribution in [0, 0.1) is 5.92 Å². The lowest BCUT2D eigenvalue weighted by molar-refractivity contribution is -0.142. The molecular weight excluding hydrogens is 339 g/mol. The number of alkyl halides is 3. The van der Waals surface area contributed by atoms with Crippen LogP contribution in [0.3, 0.4) is 0 Å². The molecule has 0 radical (unpaired) electrons. The lowest BCUT2D eigenvalue weighted by Crippen LogP contribution is -2.29. The van der Waals surface area contributed by atoms with Crippen LogP contribution >= 0.6 is 0 Å². The van der Waals surface area contributed by atoms with E-state index in [0.717, 1.165) is 10.7 Å². The van der Waals surface area contributed by atoms with Crippen LogP contribution in [0.4, 0.5) is 13.2 Å². The van der Waals surface area contributed by atoms with Crippen LogP contribution in [0.15, 0.2) is 36.5 Å². The Hall–Kier alpha value is -2.84. The van der Waals surface area contributed by atoms with Gasteiger partial charge in [0.1, 0.15) is 0 Å². The fourth-order valence-corrected chi connectivity index (χ4v) is 2.70. The molecule has 0 saturated carbocycles. The number of hydrogen-bond acceptors (Lipinski definition) is 3. The van der Waals surface area contributed by atoms with Gasteiger partial charge >= 0.3 is 12.1 Å². The van der Waals surface area contributed by atoms with E-state index in [1.54, 1.807) is 0 Å². The zero-order chi connectivity index (χ0) is 18.2. The number of aromatic nitrogens is 2. The van der Waals surface area contributed by atoms with Gasteiger partial charge < -0.3 is 10.0 Å². The second-order valence-electron chi connectivity index (χ2n) is 5.77. The van der Waals surface area contributed by atoms with Crippen molar-refractivity contribution in [2.24, 2.45) is 5.92 Å². The van der Waals surface area contributed by atoms with E-state index < -0.39 is 23.8 Å². The van der Waals surface area contributed by atoms with E-state index in [-0.39, 0.29) is 12.5 Å². The minimum absolute atomic E-state index is 0.157. The molecule has 3 rings (SSSR count). The highest BCUT2D eigenvalue weighted by Crippen LogP contribution is 2.28. The first kappa shape index (κ1) is 17.0. The largest absolute Gasteiger partial charge is 0.481 e. The molecular formula is C16H14F3N3O3. The Labute approximate surface area is 140 Å². The van der Waals surface area contributed by atoms with Crippen molar-refractivity contribution < 1.29 is 27.9 Å². The fourth-order valence-electron chi connectivity index (χ4n) is 2.70. The fraction of sp³-hybridized carbons (Fsp3) is 0.312. The van der Waals surface area contributed by atoms with Crippen LogP contribution in [0.25, 0.3) is 5.69 Å². The molecule has 1 aliphatic heterocycles. The molecule has 0 spiro atoms. The number of carbonyl (C=O) groups excluding carboxylic acids is 1. The summed E-state index contributed by atoms with van der Waals surface area (Å²) in [5, 5.41) is 12.4. The van der Waals surface area contributed by atoms with E-state index in [9.17, 15) is 22.8 Å². The predicted octanol–water partition coefficient (Wildman–Crippen LogP) is 2.44. The van der Waals surface area contributed by atoms with Gasteiger partial charge in [0.05, 0.1) is 11.6 Å². The van der Waals surface area contributed by atoms with Crippen LogP contribution in [-0.4, -0.2) is 44.8 Å². The Morgan fingerprint density at radius 2 is 1.84 bits per heavy atom. The number of halogens is 3. The number of amides is 1. The molecule has 132 valence electrons. The predicted molar refractivity (Wildman–Crippen MR) is 80.2 cm³/mol. The second-order valence-corrected chi connectivity index (χ2v) is 5.77. The summed E-state index contributed by atoms with van der Waals surface area (Å²) in [7, 11) is 0. The Bertz CT molecular complexity index is 799. The molecule has 0 aliphatic carbocycles. The van der Waals surface area contributed by atoms with Crippen LogP contribution in [0.1, 0.15) is 22.5 Å². The third-order valence-corrected chi connectivity index (χ3v) is 4.08. The van der Waals surface area contributed by atoms with Crippen molar-refractivity contribution in [3.8, 4) is 5.69 Å². The molecule has 1 aromatic heterocycles. The minimum atomic E-state index is -4.52. The summed E-state index contributed by atoms with van der Waals surface area (Å²) in [6.45, 7) is 0.523. The lowest BCUT2D eigenvalue weighted by atomic mass is 10.1. The molecule has 2 aromatic rings. The molecule has 6 nitrogen and oxygen atoms in total. The van der Waals surface area contributed by atoms with Crippen molar-refractivity contribution >= 4 is 11.9 Å². The topological polar surface area (TPSA) is 75.4 Å². The molecule has 2 heterocycles. The highest BCUT2D eigenvalue weighted by atomic mass is 19.4. The van der Waals surface area contributed by atoms with E-state index >= 15 is 0 Å². The third kappa shape index (κ3) is 3.49. The van der Waals surface area contributed by atoms with Crippen molar-refractivity contribution in [3.05, 3.63) is 47.8 Å². The van der Waals surface area contributed by atoms with Crippen molar-refractivity contribution in [2.45, 2.75) is 12.6 Å². The van der Waals surface area contributed by atoms with E-state index in [4.69, 9.17) is 5.11 Å². The zero-order valence-corrected chi connectivity index (χ0v) is 12.9. The number of aliphatic carboxylic acids is 1. The maximum Gasteiger partial charge on any atom is 0.435 e. The summed E-state index contributed by atoms with van der Waals surface area (Å²) in [5.41, 5.74) is -0.265. The van der Waals surface area contributed by atoms with Crippen molar-refractivity contribution in [2.75, 3.05) is 13.1 Å². The standard InChI is InChI=1S/C16H14F3N3O3/c17-16(18,19)13-6-8-22(20-13)12-3-1-10(2-4-12)14(23)21-7-5-11(9-21)15(24)25/h1-4,6,8,11H,5,7,9H2,(H,24,25). The summed E-state index contributed by atoms with van der Waals surface area (Å²) in [5.74, 6) is -1.79. The van der Waals surface area contributed by atoms with Gasteiger partial charge in [-0.1, -0.05) is 0 Å². The van der Waals surface area contributed by atoms with Crippen molar-refractivity contribution in [1.29, 1.82) is 0 Å². The first-order chi connectivity index (χ1) is 11.8. The summed E-state index contributed by atoms with van der Waals surface area (Å²) >= 11 is 0. The molecule has 0 bridgehead atoms. The van der Waals surface area contributed by atoms with Gasteiger partial charge in [0.25, 0.3) is 5.91 Å². The molecule has 25 heavy (non-hydrogen) atoms. The SMILES string of the molecule is O=C(O)C1CCN(C(=O)c2ccc(-n3ccc(C(F)(F)F)n3)cc2)C1. The molecule has 1 amide bonds. The number of carboxylic acid groups (broad SMARTS) is 1. The summed E-state index contributed by atoms with van der Waals surface area (Å²) in [6, 6.07) is 6.83. The first-order valence-electron chi connectivity index (χ1n) is 7.51. The summed E-state index contributed by atoms with van der Waals surface area (Å²) in [6.07, 6.45) is -2.91. The smallest absolute Gasteiger partial charge is 0.435 e. The molecule has 1 aromatic carbocycles. The highest BCUT2D eigenvalue weighted by Gasteiger charge is 2.34. The number of likely N-dealkylation sites (tertiary alicyclic amines) is 1. The van der Waals surface area contributed by atoms with Crippen molar-refractivity contribution in [3.63, 3.8) is 0 Å². The average Bonchev–Trinajstić information content (AvgIpc) is 3.23. The summed E-state index contributed by atoms with van der Waals surface area (Å²) in [4.78, 5) is 24.8. The van der Waals surface area contributed by atoms with Gasteiger partial charge in [0.2, 0.25) is 0 Å². The quantitative estimate of drug-likeness (QED) is 0.920. The van der Waals surface area contributed by atoms with E-state index in [0.29, 0.717) is 24.2 Å². The van der Waals surface area contributed by atoms with Crippen LogP contribution in [-0.2, 0) is 11.0 Å². The molecule has 1 atom stereocenters. The first-order valence-corrected chi connectivity index (χ1v) is 7.51. The van der Waals surface area contributed by atoms with E-state index in [1.807, 2.05) is 0 Å². The van der Waals surface area contributed by atoms with Gasteiger partial charge in [-0.15, -0.1) is 0 Å². The number of carbonyl (C=O) groups is 2. The number of benzene rings is 1. The van der Waals surface area contributed by atoms with E-state index in [2.05, 4.69) is 5.10 Å². The van der Waals surface area contributed by atoms with Crippen molar-refractivity contribution in [1.82, 2.24) is 14.7 Å². The Balaban J connectivity index is 1.73. The molecule has 9 heteroatoms. The van der Waals surface area contributed by atoms with Gasteiger partial charge in [-0.2, -0.15) is 18.3 Å². The monoisotopic (exact) mass is 353 g/mol. The maximum absolute atomic E-state index is 12.6. The number of hydrogen-bond donors (Lipinski definition) is 1. The van der Waals surface area contributed by atoms with Crippen LogP contribution in [0.2, 0.25) is 0 Å². The molecule has 1 saturated heterocycles. The molecule has 1 fully saturated rings. The zero-order valence-electron chi connectivity index (χ0n) is 12.9. The van der Waals surface area contributed by atoms with Gasteiger partial charge in [0.15, 0.2) is 5.69 Å². The normalized spacial score (nSPS) is 17.7. The maximum atomic E-state index is 12.6. The average molecular weight is 353 g/mol. The number of rotatable bonds is 3. The number of carboxylic acids is 1. The molecule has 1 N–H and O–H groups in total. The Kier molecular flexibility index (Phi) is 4.23. The van der Waals surface area contributed by atoms with Gasteiger partial charge in [-0.25, -0.2) is 4.68 Å². The molecule has 1 unspecified atom stereocenters. The van der Waals surface area contributed by atoms with Gasteiger partial charge in [-0.3, -0.25) is 9.59 Å². The lowest BCUT2D eigenvalue weighted by Gasteiger charge is -2.16. The Morgan fingerprint density at radius 1 is 1.16 bits per heavy atom. The minimum Gasteiger partial charge on any atom is -0.481 e. The van der Waals surface area contributed by atoms with Gasteiger partial charge in [-0.05, 0) is 36.8 Å². The van der Waals surface area contributed by atoms with Crippen LogP contribution < -0.4 is 0 Å². The van der Waals surface area contributed by atoms with Gasteiger partial charge in [0, 0.05) is 24.8 Å². The summed E-state index contributed by atoms with van der Waals surface area (Å²) < 4.78 is 38.8. The van der Waals surface area contributed by atoms with Crippen LogP contribution in [0.5, 0.6) is 0 Å². The molecule has 1 aliphatic rings. The van der Waals surface area contributed by atoms with E-state index in [1.165, 1.54) is 35.4 Å².